The van der Waals surface area contributed by atoms with Crippen LogP contribution in [0.2, 0.25) is 0 Å². The van der Waals surface area contributed by atoms with Gasteiger partial charge in [-0.15, -0.1) is 5.10 Å². The number of ether oxygens (including phenoxy) is 2. The molecule has 0 bridgehead atoms. The third kappa shape index (κ3) is 3.94. The molecule has 4 rings (SSSR count). The normalized spacial score (nSPS) is 13.0. The van der Waals surface area contributed by atoms with E-state index in [1.807, 2.05) is 24.3 Å². The van der Waals surface area contributed by atoms with Crippen LogP contribution in [0.3, 0.4) is 0 Å². The van der Waals surface area contributed by atoms with Crippen molar-refractivity contribution in [3.63, 3.8) is 0 Å². The number of nitrogens with zero attached hydrogens (tertiary/aromatic N) is 4. The highest BCUT2D eigenvalue weighted by molar-refractivity contribution is 5.59. The quantitative estimate of drug-likeness (QED) is 0.686. The summed E-state index contributed by atoms with van der Waals surface area (Å²) >= 11 is 0. The number of hydrogen-bond donors (Lipinski definition) is 1. The van der Waals surface area contributed by atoms with Crippen LogP contribution < -0.4 is 19.7 Å². The maximum atomic E-state index is 5.46. The van der Waals surface area contributed by atoms with Gasteiger partial charge in [-0.1, -0.05) is 25.1 Å². The van der Waals surface area contributed by atoms with Crippen LogP contribution in [0.5, 0.6) is 11.5 Å². The fraction of sp³-hybridized carbons (Fsp3) is 0.318. The molecule has 0 aliphatic carbocycles. The summed E-state index contributed by atoms with van der Waals surface area (Å²) in [5.74, 6) is 2.82. The largest absolute Gasteiger partial charge is 0.493 e. The van der Waals surface area contributed by atoms with E-state index in [1.54, 1.807) is 20.4 Å². The number of benzene rings is 2. The van der Waals surface area contributed by atoms with Gasteiger partial charge >= 0.3 is 0 Å². The van der Waals surface area contributed by atoms with Gasteiger partial charge in [0.15, 0.2) is 17.3 Å². The zero-order valence-electron chi connectivity index (χ0n) is 17.0. The molecule has 2 aromatic carbocycles. The van der Waals surface area contributed by atoms with Crippen molar-refractivity contribution in [2.24, 2.45) is 0 Å². The van der Waals surface area contributed by atoms with E-state index in [9.17, 15) is 0 Å². The minimum Gasteiger partial charge on any atom is -0.493 e. The number of para-hydroxylation sites is 1. The lowest BCUT2D eigenvalue weighted by Crippen LogP contribution is -2.31. The summed E-state index contributed by atoms with van der Waals surface area (Å²) in [7, 11) is 3.32. The van der Waals surface area contributed by atoms with Crippen molar-refractivity contribution in [1.82, 2.24) is 15.2 Å². The number of hydrogen-bond acceptors (Lipinski definition) is 7. The van der Waals surface area contributed by atoms with E-state index in [0.29, 0.717) is 5.95 Å². The van der Waals surface area contributed by atoms with Crippen molar-refractivity contribution < 1.29 is 9.47 Å². The predicted octanol–water partition coefficient (Wildman–Crippen LogP) is 3.76. The van der Waals surface area contributed by atoms with Crippen molar-refractivity contribution in [2.45, 2.75) is 26.3 Å². The van der Waals surface area contributed by atoms with Gasteiger partial charge in [0.05, 0.1) is 20.4 Å². The average molecular weight is 391 g/mol. The monoisotopic (exact) mass is 391 g/mol. The van der Waals surface area contributed by atoms with E-state index in [-0.39, 0.29) is 0 Å². The predicted molar refractivity (Wildman–Crippen MR) is 113 cm³/mol. The molecule has 0 fully saturated rings. The van der Waals surface area contributed by atoms with Crippen molar-refractivity contribution in [3.05, 3.63) is 59.3 Å². The molecule has 0 saturated heterocycles. The van der Waals surface area contributed by atoms with Gasteiger partial charge in [-0.2, -0.15) is 10.1 Å². The lowest BCUT2D eigenvalue weighted by molar-refractivity contribution is 0.353. The molecule has 7 heteroatoms. The van der Waals surface area contributed by atoms with Gasteiger partial charge in [0.25, 0.3) is 0 Å². The Bertz CT molecular complexity index is 1010. The first-order valence-electron chi connectivity index (χ1n) is 9.75. The van der Waals surface area contributed by atoms with Gasteiger partial charge < -0.3 is 19.7 Å². The number of aromatic nitrogens is 3. The maximum absolute atomic E-state index is 5.46. The fourth-order valence-corrected chi connectivity index (χ4v) is 3.65. The van der Waals surface area contributed by atoms with Crippen molar-refractivity contribution in [2.75, 3.05) is 31.0 Å². The third-order valence-corrected chi connectivity index (χ3v) is 5.23. The Hall–Kier alpha value is -3.35. The molecular weight excluding hydrogens is 366 g/mol. The molecule has 150 valence electrons. The Morgan fingerprint density at radius 2 is 1.83 bits per heavy atom. The summed E-state index contributed by atoms with van der Waals surface area (Å²) in [4.78, 5) is 6.91. The molecule has 0 amide bonds. The van der Waals surface area contributed by atoms with Crippen molar-refractivity contribution in [1.29, 1.82) is 0 Å². The Morgan fingerprint density at radius 1 is 1.07 bits per heavy atom. The second kappa shape index (κ2) is 8.34. The third-order valence-electron chi connectivity index (χ3n) is 5.23. The average Bonchev–Trinajstić information content (AvgIpc) is 2.78. The number of fused-ring (bicyclic) bond motifs is 1. The zero-order valence-corrected chi connectivity index (χ0v) is 17.0. The van der Waals surface area contributed by atoms with Crippen LogP contribution in [0.1, 0.15) is 23.6 Å². The Labute approximate surface area is 170 Å². The number of aryl methyl sites for hydroxylation is 1. The van der Waals surface area contributed by atoms with Crippen LogP contribution >= 0.6 is 0 Å². The van der Waals surface area contributed by atoms with Gasteiger partial charge in [-0.25, -0.2) is 0 Å². The van der Waals surface area contributed by atoms with E-state index in [2.05, 4.69) is 39.5 Å². The van der Waals surface area contributed by atoms with Crippen molar-refractivity contribution in [3.8, 4) is 11.5 Å². The number of nitrogens with one attached hydrogen (secondary N) is 1. The fourth-order valence-electron chi connectivity index (χ4n) is 3.65. The van der Waals surface area contributed by atoms with Crippen LogP contribution in [-0.2, 0) is 19.4 Å². The molecule has 0 radical (unpaired) electrons. The summed E-state index contributed by atoms with van der Waals surface area (Å²) in [6.07, 6.45) is 3.55. The molecule has 0 unspecified atom stereocenters. The van der Waals surface area contributed by atoms with E-state index in [0.717, 1.165) is 48.9 Å². The summed E-state index contributed by atoms with van der Waals surface area (Å²) in [5, 5.41) is 11.6. The molecule has 1 N–H and O–H groups in total. The van der Waals surface area contributed by atoms with Gasteiger partial charge in [0, 0.05) is 18.8 Å². The van der Waals surface area contributed by atoms with Crippen LogP contribution in [0.25, 0.3) is 0 Å². The van der Waals surface area contributed by atoms with Crippen LogP contribution in [-0.4, -0.2) is 35.9 Å². The van der Waals surface area contributed by atoms with E-state index in [1.165, 1.54) is 16.7 Å². The molecule has 0 saturated carbocycles. The smallest absolute Gasteiger partial charge is 0.249 e. The molecule has 1 aliphatic rings. The van der Waals surface area contributed by atoms with Crippen LogP contribution in [0.4, 0.5) is 17.5 Å². The standard InChI is InChI=1S/C22H25N5O2/c1-4-15-7-5-6-8-18(15)24-22-25-21(13-23-26-22)27-10-9-16-11-19(28-2)20(29-3)12-17(16)14-27/h5-8,11-13H,4,9-10,14H2,1-3H3,(H,24,25,26). The molecule has 7 nitrogen and oxygen atoms in total. The summed E-state index contributed by atoms with van der Waals surface area (Å²) < 4.78 is 10.9. The number of methoxy groups -OCH3 is 2. The number of anilines is 3. The van der Waals surface area contributed by atoms with Crippen molar-refractivity contribution >= 4 is 17.5 Å². The number of rotatable bonds is 6. The minimum atomic E-state index is 0.501. The van der Waals surface area contributed by atoms with E-state index in [4.69, 9.17) is 14.5 Å². The summed E-state index contributed by atoms with van der Waals surface area (Å²) in [6.45, 7) is 3.72. The molecule has 0 spiro atoms. The first-order chi connectivity index (χ1) is 14.2. The van der Waals surface area contributed by atoms with Crippen LogP contribution in [0, 0.1) is 0 Å². The minimum absolute atomic E-state index is 0.501. The highest BCUT2D eigenvalue weighted by Gasteiger charge is 2.21. The zero-order chi connectivity index (χ0) is 20.2. The summed E-state index contributed by atoms with van der Waals surface area (Å²) in [5.41, 5.74) is 4.71. The van der Waals surface area contributed by atoms with Gasteiger partial charge in [0.2, 0.25) is 5.95 Å². The van der Waals surface area contributed by atoms with Gasteiger partial charge in [-0.3, -0.25) is 0 Å². The first-order valence-corrected chi connectivity index (χ1v) is 9.75. The SMILES string of the molecule is CCc1ccccc1Nc1nncc(N2CCc3cc(OC)c(OC)cc3C2)n1. The second-order valence-electron chi connectivity index (χ2n) is 6.92. The Morgan fingerprint density at radius 3 is 2.59 bits per heavy atom. The molecule has 29 heavy (non-hydrogen) atoms. The molecule has 1 aromatic heterocycles. The molecule has 1 aliphatic heterocycles. The maximum Gasteiger partial charge on any atom is 0.249 e. The van der Waals surface area contributed by atoms with Gasteiger partial charge in [0.1, 0.15) is 0 Å². The Kier molecular flexibility index (Phi) is 5.46. The van der Waals surface area contributed by atoms with Gasteiger partial charge in [-0.05, 0) is 47.7 Å². The molecular formula is C22H25N5O2. The highest BCUT2D eigenvalue weighted by Crippen LogP contribution is 2.34. The molecule has 2 heterocycles. The van der Waals surface area contributed by atoms with E-state index >= 15 is 0 Å². The Balaban J connectivity index is 1.56. The topological polar surface area (TPSA) is 72.4 Å². The first kappa shape index (κ1) is 19.0. The lowest BCUT2D eigenvalue weighted by Gasteiger charge is -2.30. The summed E-state index contributed by atoms with van der Waals surface area (Å²) in [6, 6.07) is 12.3. The van der Waals surface area contributed by atoms with Crippen LogP contribution in [0.15, 0.2) is 42.6 Å². The second-order valence-corrected chi connectivity index (χ2v) is 6.92. The lowest BCUT2D eigenvalue weighted by atomic mass is 9.99. The molecule has 3 aromatic rings. The molecule has 0 atom stereocenters. The highest BCUT2D eigenvalue weighted by atomic mass is 16.5. The van der Waals surface area contributed by atoms with E-state index < -0.39 is 0 Å².